The van der Waals surface area contributed by atoms with Crippen LogP contribution in [-0.4, -0.2) is 38.3 Å². The smallest absolute Gasteiger partial charge is 0.231 e. The van der Waals surface area contributed by atoms with E-state index < -0.39 is 5.41 Å². The van der Waals surface area contributed by atoms with Gasteiger partial charge in [-0.05, 0) is 49.9 Å². The second kappa shape index (κ2) is 7.11. The lowest BCUT2D eigenvalue weighted by atomic mass is 9.73. The van der Waals surface area contributed by atoms with Crippen LogP contribution >= 0.6 is 15.9 Å². The van der Waals surface area contributed by atoms with E-state index in [-0.39, 0.29) is 11.9 Å². The highest BCUT2D eigenvalue weighted by molar-refractivity contribution is 9.10. The summed E-state index contributed by atoms with van der Waals surface area (Å²) in [6.07, 6.45) is 3.69. The van der Waals surface area contributed by atoms with Gasteiger partial charge in [0.05, 0.1) is 5.41 Å². The molecule has 1 amide bonds. The van der Waals surface area contributed by atoms with Gasteiger partial charge >= 0.3 is 0 Å². The SMILES string of the molecule is O=C(N[C@H]1CCCNC1)C1(c2ccc(Br)cc2)CCOCC1. The number of carbonyl (C=O) groups is 1. The summed E-state index contributed by atoms with van der Waals surface area (Å²) in [4.78, 5) is 13.1. The molecule has 22 heavy (non-hydrogen) atoms. The molecule has 0 unspecified atom stereocenters. The maximum absolute atomic E-state index is 13.1. The number of carbonyl (C=O) groups excluding carboxylic acids is 1. The third kappa shape index (κ3) is 3.36. The van der Waals surface area contributed by atoms with Crippen LogP contribution in [0.25, 0.3) is 0 Å². The maximum Gasteiger partial charge on any atom is 0.231 e. The number of amides is 1. The fraction of sp³-hybridized carbons (Fsp3) is 0.588. The Kier molecular flexibility index (Phi) is 5.16. The molecule has 0 aliphatic carbocycles. The van der Waals surface area contributed by atoms with Gasteiger partial charge in [0.1, 0.15) is 0 Å². The first kappa shape index (κ1) is 16.0. The summed E-state index contributed by atoms with van der Waals surface area (Å²) in [6.45, 7) is 3.22. The van der Waals surface area contributed by atoms with Crippen LogP contribution in [0.3, 0.4) is 0 Å². The summed E-state index contributed by atoms with van der Waals surface area (Å²) >= 11 is 3.47. The van der Waals surface area contributed by atoms with Crippen molar-refractivity contribution in [3.63, 3.8) is 0 Å². The van der Waals surface area contributed by atoms with E-state index in [1.807, 2.05) is 12.1 Å². The predicted molar refractivity (Wildman–Crippen MR) is 89.9 cm³/mol. The summed E-state index contributed by atoms with van der Waals surface area (Å²) < 4.78 is 6.55. The Morgan fingerprint density at radius 3 is 2.64 bits per heavy atom. The van der Waals surface area contributed by atoms with Crippen molar-refractivity contribution < 1.29 is 9.53 Å². The predicted octanol–water partition coefficient (Wildman–Crippen LogP) is 2.37. The number of rotatable bonds is 3. The zero-order chi connectivity index (χ0) is 15.4. The van der Waals surface area contributed by atoms with Crippen molar-refractivity contribution in [2.75, 3.05) is 26.3 Å². The number of hydrogen-bond donors (Lipinski definition) is 2. The molecule has 1 aromatic rings. The Morgan fingerprint density at radius 1 is 1.27 bits per heavy atom. The zero-order valence-electron chi connectivity index (χ0n) is 12.7. The zero-order valence-corrected chi connectivity index (χ0v) is 14.3. The van der Waals surface area contributed by atoms with Crippen molar-refractivity contribution in [3.05, 3.63) is 34.3 Å². The van der Waals surface area contributed by atoms with Gasteiger partial charge in [0.2, 0.25) is 5.91 Å². The highest BCUT2D eigenvalue weighted by Crippen LogP contribution is 2.36. The molecule has 0 radical (unpaired) electrons. The fourth-order valence-corrected chi connectivity index (χ4v) is 3.70. The Labute approximate surface area is 140 Å². The summed E-state index contributed by atoms with van der Waals surface area (Å²) in [5.41, 5.74) is 0.649. The van der Waals surface area contributed by atoms with E-state index in [4.69, 9.17) is 4.74 Å². The third-order valence-electron chi connectivity index (χ3n) is 4.81. The minimum absolute atomic E-state index is 0.159. The van der Waals surface area contributed by atoms with Crippen LogP contribution in [0.2, 0.25) is 0 Å². The van der Waals surface area contributed by atoms with Gasteiger partial charge in [-0.15, -0.1) is 0 Å². The number of benzene rings is 1. The summed E-state index contributed by atoms with van der Waals surface area (Å²) in [5, 5.41) is 6.63. The van der Waals surface area contributed by atoms with E-state index in [1.54, 1.807) is 0 Å². The van der Waals surface area contributed by atoms with Crippen molar-refractivity contribution in [1.29, 1.82) is 0 Å². The molecule has 2 aliphatic rings. The largest absolute Gasteiger partial charge is 0.381 e. The van der Waals surface area contributed by atoms with Crippen molar-refractivity contribution in [2.45, 2.75) is 37.1 Å². The second-order valence-corrected chi connectivity index (χ2v) is 7.13. The number of ether oxygens (including phenoxy) is 1. The molecule has 0 spiro atoms. The molecule has 0 saturated carbocycles. The molecular formula is C17H23BrN2O2. The van der Waals surface area contributed by atoms with E-state index in [0.717, 1.165) is 48.8 Å². The number of piperidine rings is 1. The molecule has 1 atom stereocenters. The van der Waals surface area contributed by atoms with Gasteiger partial charge in [-0.2, -0.15) is 0 Å². The summed E-state index contributed by atoms with van der Waals surface area (Å²) in [5.74, 6) is 0.159. The highest BCUT2D eigenvalue weighted by Gasteiger charge is 2.42. The Balaban J connectivity index is 1.81. The van der Waals surface area contributed by atoms with Crippen molar-refractivity contribution in [2.24, 2.45) is 0 Å². The van der Waals surface area contributed by atoms with Crippen LogP contribution < -0.4 is 10.6 Å². The molecular weight excluding hydrogens is 344 g/mol. The van der Waals surface area contributed by atoms with E-state index in [0.29, 0.717) is 13.2 Å². The molecule has 2 saturated heterocycles. The number of halogens is 1. The van der Waals surface area contributed by atoms with Gasteiger partial charge in [0, 0.05) is 30.3 Å². The van der Waals surface area contributed by atoms with Gasteiger partial charge in [-0.1, -0.05) is 28.1 Å². The molecule has 4 nitrogen and oxygen atoms in total. The fourth-order valence-electron chi connectivity index (χ4n) is 3.43. The van der Waals surface area contributed by atoms with Gasteiger partial charge in [0.25, 0.3) is 0 Å². The molecule has 5 heteroatoms. The molecule has 2 heterocycles. The Hall–Kier alpha value is -0.910. The normalized spacial score (nSPS) is 24.7. The second-order valence-electron chi connectivity index (χ2n) is 6.22. The average Bonchev–Trinajstić information content (AvgIpc) is 2.57. The molecule has 2 N–H and O–H groups in total. The van der Waals surface area contributed by atoms with Crippen LogP contribution in [0.1, 0.15) is 31.2 Å². The minimum Gasteiger partial charge on any atom is -0.381 e. The Morgan fingerprint density at radius 2 is 2.00 bits per heavy atom. The first-order chi connectivity index (χ1) is 10.7. The van der Waals surface area contributed by atoms with E-state index >= 15 is 0 Å². The number of hydrogen-bond acceptors (Lipinski definition) is 3. The lowest BCUT2D eigenvalue weighted by Crippen LogP contribution is -2.54. The average molecular weight is 367 g/mol. The van der Waals surface area contributed by atoms with E-state index in [1.165, 1.54) is 0 Å². The monoisotopic (exact) mass is 366 g/mol. The van der Waals surface area contributed by atoms with Crippen molar-refractivity contribution in [1.82, 2.24) is 10.6 Å². The van der Waals surface area contributed by atoms with Crippen LogP contribution in [0, 0.1) is 0 Å². The van der Waals surface area contributed by atoms with Crippen LogP contribution in [0.5, 0.6) is 0 Å². The quantitative estimate of drug-likeness (QED) is 0.863. The molecule has 0 aromatic heterocycles. The molecule has 0 bridgehead atoms. The van der Waals surface area contributed by atoms with Crippen molar-refractivity contribution in [3.8, 4) is 0 Å². The summed E-state index contributed by atoms with van der Waals surface area (Å²) in [7, 11) is 0. The Bertz CT molecular complexity index is 506. The van der Waals surface area contributed by atoms with Crippen LogP contribution in [0.4, 0.5) is 0 Å². The van der Waals surface area contributed by atoms with E-state index in [2.05, 4.69) is 38.7 Å². The van der Waals surface area contributed by atoms with Gasteiger partial charge in [-0.25, -0.2) is 0 Å². The van der Waals surface area contributed by atoms with Crippen LogP contribution in [0.15, 0.2) is 28.7 Å². The summed E-state index contributed by atoms with van der Waals surface area (Å²) in [6, 6.07) is 8.41. The lowest BCUT2D eigenvalue weighted by Gasteiger charge is -2.38. The molecule has 2 fully saturated rings. The molecule has 1 aromatic carbocycles. The van der Waals surface area contributed by atoms with Gasteiger partial charge < -0.3 is 15.4 Å². The minimum atomic E-state index is -0.448. The van der Waals surface area contributed by atoms with E-state index in [9.17, 15) is 4.79 Å². The molecule has 2 aliphatic heterocycles. The number of nitrogens with one attached hydrogen (secondary N) is 2. The highest BCUT2D eigenvalue weighted by atomic mass is 79.9. The van der Waals surface area contributed by atoms with Gasteiger partial charge in [-0.3, -0.25) is 4.79 Å². The van der Waals surface area contributed by atoms with Gasteiger partial charge in [0.15, 0.2) is 0 Å². The maximum atomic E-state index is 13.1. The van der Waals surface area contributed by atoms with Crippen molar-refractivity contribution >= 4 is 21.8 Å². The third-order valence-corrected chi connectivity index (χ3v) is 5.34. The topological polar surface area (TPSA) is 50.4 Å². The standard InChI is InChI=1S/C17H23BrN2O2/c18-14-5-3-13(4-6-14)17(7-10-22-11-8-17)16(21)20-15-2-1-9-19-12-15/h3-6,15,19H,1-2,7-12H2,(H,20,21)/t15-/m0/s1. The van der Waals surface area contributed by atoms with Crippen LogP contribution in [-0.2, 0) is 14.9 Å². The molecule has 120 valence electrons. The lowest BCUT2D eigenvalue weighted by molar-refractivity contribution is -0.131. The first-order valence-electron chi connectivity index (χ1n) is 8.06. The first-order valence-corrected chi connectivity index (χ1v) is 8.85. The molecule has 3 rings (SSSR count).